The van der Waals surface area contributed by atoms with E-state index in [1.165, 1.54) is 19.8 Å². The summed E-state index contributed by atoms with van der Waals surface area (Å²) < 4.78 is 10.4. The fraction of sp³-hybridized carbons (Fsp3) is 0.136. The molecule has 0 aliphatic heterocycles. The molecule has 154 valence electrons. The highest BCUT2D eigenvalue weighted by molar-refractivity contribution is 7.98. The number of methoxy groups -OCH3 is 2. The summed E-state index contributed by atoms with van der Waals surface area (Å²) in [5.41, 5.74) is 1.35. The molecule has 0 saturated heterocycles. The maximum Gasteiger partial charge on any atom is 0.327 e. The second-order valence-corrected chi connectivity index (χ2v) is 7.15. The van der Waals surface area contributed by atoms with Crippen LogP contribution in [0.25, 0.3) is 0 Å². The van der Waals surface area contributed by atoms with Gasteiger partial charge in [-0.2, -0.15) is 0 Å². The molecule has 0 aliphatic carbocycles. The SMILES string of the molecule is COc1cccc(OC)c1C(=O)NC(=O)Nc1ccc(SCc2ccccc2)cn1. The maximum absolute atomic E-state index is 12.5. The Hall–Kier alpha value is -3.52. The first-order valence-electron chi connectivity index (χ1n) is 9.07. The van der Waals surface area contributed by atoms with Crippen LogP contribution in [0.1, 0.15) is 15.9 Å². The van der Waals surface area contributed by atoms with Crippen molar-refractivity contribution in [3.05, 3.63) is 78.0 Å². The molecule has 0 fully saturated rings. The number of thioether (sulfide) groups is 1. The summed E-state index contributed by atoms with van der Waals surface area (Å²) in [4.78, 5) is 29.9. The first-order valence-corrected chi connectivity index (χ1v) is 10.1. The molecule has 3 rings (SSSR count). The van der Waals surface area contributed by atoms with Gasteiger partial charge in [0.2, 0.25) is 0 Å². The van der Waals surface area contributed by atoms with E-state index >= 15 is 0 Å². The van der Waals surface area contributed by atoms with Crippen molar-refractivity contribution in [2.45, 2.75) is 10.6 Å². The minimum atomic E-state index is -0.704. The quantitative estimate of drug-likeness (QED) is 0.549. The number of amides is 3. The van der Waals surface area contributed by atoms with Gasteiger partial charge < -0.3 is 9.47 Å². The molecule has 0 radical (unpaired) electrons. The summed E-state index contributed by atoms with van der Waals surface area (Å²) in [6.45, 7) is 0. The molecule has 3 amide bonds. The molecule has 2 N–H and O–H groups in total. The van der Waals surface area contributed by atoms with Gasteiger partial charge in [-0.05, 0) is 29.8 Å². The van der Waals surface area contributed by atoms with Gasteiger partial charge in [-0.15, -0.1) is 11.8 Å². The molecule has 0 bridgehead atoms. The molecule has 0 saturated carbocycles. The molecule has 8 heteroatoms. The molecular weight excluding hydrogens is 402 g/mol. The summed E-state index contributed by atoms with van der Waals surface area (Å²) in [7, 11) is 2.87. The molecular formula is C22H21N3O4S. The first-order chi connectivity index (χ1) is 14.6. The number of aromatic nitrogens is 1. The Morgan fingerprint density at radius 3 is 2.23 bits per heavy atom. The van der Waals surface area contributed by atoms with Gasteiger partial charge in [0.05, 0.1) is 14.2 Å². The second-order valence-electron chi connectivity index (χ2n) is 6.10. The van der Waals surface area contributed by atoms with Gasteiger partial charge in [-0.25, -0.2) is 9.78 Å². The number of nitrogens with one attached hydrogen (secondary N) is 2. The van der Waals surface area contributed by atoms with E-state index in [1.54, 1.807) is 42.2 Å². The van der Waals surface area contributed by atoms with Gasteiger partial charge in [-0.3, -0.25) is 15.4 Å². The molecule has 1 heterocycles. The summed E-state index contributed by atoms with van der Waals surface area (Å²) in [6, 6.07) is 17.9. The van der Waals surface area contributed by atoms with Crippen LogP contribution in [0.5, 0.6) is 11.5 Å². The lowest BCUT2D eigenvalue weighted by Gasteiger charge is -2.12. The average molecular weight is 423 g/mol. The van der Waals surface area contributed by atoms with Crippen molar-refractivity contribution >= 4 is 29.5 Å². The molecule has 7 nitrogen and oxygen atoms in total. The lowest BCUT2D eigenvalue weighted by atomic mass is 10.1. The van der Waals surface area contributed by atoms with Crippen LogP contribution in [0.3, 0.4) is 0 Å². The van der Waals surface area contributed by atoms with Gasteiger partial charge >= 0.3 is 6.03 Å². The predicted molar refractivity (Wildman–Crippen MR) is 116 cm³/mol. The minimum absolute atomic E-state index is 0.137. The van der Waals surface area contributed by atoms with E-state index in [1.807, 2.05) is 24.3 Å². The normalized spacial score (nSPS) is 10.2. The third-order valence-electron chi connectivity index (χ3n) is 4.11. The first kappa shape index (κ1) is 21.2. The third-order valence-corrected chi connectivity index (χ3v) is 5.16. The number of imide groups is 1. The smallest absolute Gasteiger partial charge is 0.327 e. The Labute approximate surface area is 178 Å². The number of hydrogen-bond acceptors (Lipinski definition) is 6. The number of rotatable bonds is 7. The number of benzene rings is 2. The largest absolute Gasteiger partial charge is 0.496 e. The lowest BCUT2D eigenvalue weighted by molar-refractivity contribution is 0.0961. The average Bonchev–Trinajstić information content (AvgIpc) is 2.78. The monoisotopic (exact) mass is 423 g/mol. The predicted octanol–water partition coefficient (Wildman–Crippen LogP) is 4.35. The van der Waals surface area contributed by atoms with E-state index in [0.29, 0.717) is 17.3 Å². The van der Waals surface area contributed by atoms with Gasteiger partial charge in [0.15, 0.2) is 0 Å². The summed E-state index contributed by atoms with van der Waals surface area (Å²) in [6.07, 6.45) is 1.67. The summed E-state index contributed by atoms with van der Waals surface area (Å²) >= 11 is 1.64. The van der Waals surface area contributed by atoms with E-state index in [2.05, 4.69) is 27.8 Å². The molecule has 0 unspecified atom stereocenters. The van der Waals surface area contributed by atoms with Crippen LogP contribution in [0.2, 0.25) is 0 Å². The van der Waals surface area contributed by atoms with Crippen molar-refractivity contribution < 1.29 is 19.1 Å². The number of urea groups is 1. The van der Waals surface area contributed by atoms with Gasteiger partial charge in [0.1, 0.15) is 22.9 Å². The zero-order valence-electron chi connectivity index (χ0n) is 16.5. The van der Waals surface area contributed by atoms with Crippen molar-refractivity contribution in [3.63, 3.8) is 0 Å². The number of nitrogens with zero attached hydrogens (tertiary/aromatic N) is 1. The Morgan fingerprint density at radius 2 is 1.63 bits per heavy atom. The van der Waals surface area contributed by atoms with Crippen LogP contribution in [-0.2, 0) is 5.75 Å². The summed E-state index contributed by atoms with van der Waals surface area (Å²) in [5.74, 6) is 1.12. The van der Waals surface area contributed by atoms with Crippen molar-refractivity contribution in [3.8, 4) is 11.5 Å². The Balaban J connectivity index is 1.58. The number of carbonyl (C=O) groups is 2. The Kier molecular flexibility index (Phi) is 7.29. The highest BCUT2D eigenvalue weighted by Gasteiger charge is 2.20. The zero-order chi connectivity index (χ0) is 21.3. The van der Waals surface area contributed by atoms with Crippen molar-refractivity contribution in [1.29, 1.82) is 0 Å². The van der Waals surface area contributed by atoms with Crippen molar-refractivity contribution in [2.75, 3.05) is 19.5 Å². The third kappa shape index (κ3) is 5.51. The maximum atomic E-state index is 12.5. The highest BCUT2D eigenvalue weighted by atomic mass is 32.2. The topological polar surface area (TPSA) is 89.5 Å². The van der Waals surface area contributed by atoms with Crippen molar-refractivity contribution in [1.82, 2.24) is 10.3 Å². The molecule has 2 aromatic carbocycles. The van der Waals surface area contributed by atoms with Gasteiger partial charge in [0, 0.05) is 16.8 Å². The zero-order valence-corrected chi connectivity index (χ0v) is 17.4. The fourth-order valence-electron chi connectivity index (χ4n) is 2.67. The molecule has 30 heavy (non-hydrogen) atoms. The van der Waals surface area contributed by atoms with E-state index in [0.717, 1.165) is 10.6 Å². The number of hydrogen-bond donors (Lipinski definition) is 2. The van der Waals surface area contributed by atoms with Crippen LogP contribution in [0, 0.1) is 0 Å². The van der Waals surface area contributed by atoms with Gasteiger partial charge in [0.25, 0.3) is 5.91 Å². The van der Waals surface area contributed by atoms with E-state index in [-0.39, 0.29) is 5.56 Å². The molecule has 0 spiro atoms. The Morgan fingerprint density at radius 1 is 0.933 bits per heavy atom. The van der Waals surface area contributed by atoms with Crippen LogP contribution in [-0.4, -0.2) is 31.1 Å². The van der Waals surface area contributed by atoms with E-state index in [9.17, 15) is 9.59 Å². The lowest BCUT2D eigenvalue weighted by Crippen LogP contribution is -2.35. The number of anilines is 1. The van der Waals surface area contributed by atoms with Crippen LogP contribution < -0.4 is 20.1 Å². The Bertz CT molecular complexity index is 988. The van der Waals surface area contributed by atoms with Crippen LogP contribution in [0.4, 0.5) is 10.6 Å². The number of ether oxygens (including phenoxy) is 2. The van der Waals surface area contributed by atoms with Crippen molar-refractivity contribution in [2.24, 2.45) is 0 Å². The molecule has 3 aromatic rings. The highest BCUT2D eigenvalue weighted by Crippen LogP contribution is 2.28. The standard InChI is InChI=1S/C22H21N3O4S/c1-28-17-9-6-10-18(29-2)20(17)21(26)25-22(27)24-19-12-11-16(13-23-19)30-14-15-7-4-3-5-8-15/h3-13H,14H2,1-2H3,(H2,23,24,25,26,27). The van der Waals surface area contributed by atoms with Gasteiger partial charge in [-0.1, -0.05) is 36.4 Å². The molecule has 0 aliphatic rings. The van der Waals surface area contributed by atoms with Crippen LogP contribution in [0.15, 0.2) is 71.8 Å². The molecule has 0 atom stereocenters. The van der Waals surface area contributed by atoms with E-state index < -0.39 is 11.9 Å². The number of pyridine rings is 1. The number of carbonyl (C=O) groups excluding carboxylic acids is 2. The van der Waals surface area contributed by atoms with E-state index in [4.69, 9.17) is 9.47 Å². The summed E-state index contributed by atoms with van der Waals surface area (Å²) in [5, 5.41) is 4.81. The second kappa shape index (κ2) is 10.3. The fourth-order valence-corrected chi connectivity index (χ4v) is 3.49. The minimum Gasteiger partial charge on any atom is -0.496 e. The van der Waals surface area contributed by atoms with Crippen LogP contribution >= 0.6 is 11.8 Å². The molecule has 1 aromatic heterocycles.